The zero-order valence-electron chi connectivity index (χ0n) is 15.3. The molecule has 6 nitrogen and oxygen atoms in total. The molecule has 0 radical (unpaired) electrons. The molecule has 1 unspecified atom stereocenters. The third-order valence-corrected chi connectivity index (χ3v) is 4.63. The van der Waals surface area contributed by atoms with Gasteiger partial charge >= 0.3 is 13.1 Å². The van der Waals surface area contributed by atoms with Crippen molar-refractivity contribution in [2.75, 3.05) is 13.7 Å². The van der Waals surface area contributed by atoms with Crippen LogP contribution in [-0.2, 0) is 18.8 Å². The lowest BCUT2D eigenvalue weighted by molar-refractivity contribution is -0.143. The van der Waals surface area contributed by atoms with Crippen LogP contribution < -0.4 is 4.74 Å². The Kier molecular flexibility index (Phi) is 5.55. The molecule has 0 aliphatic carbocycles. The zero-order chi connectivity index (χ0) is 18.0. The number of esters is 1. The smallest absolute Gasteiger partial charge is 0.468 e. The summed E-state index contributed by atoms with van der Waals surface area (Å²) in [5.41, 5.74) is -0.284. The van der Waals surface area contributed by atoms with Gasteiger partial charge in [0.05, 0.1) is 31.3 Å². The quantitative estimate of drug-likeness (QED) is 0.588. The summed E-state index contributed by atoms with van der Waals surface area (Å²) in [5, 5.41) is 0. The van der Waals surface area contributed by atoms with E-state index < -0.39 is 18.3 Å². The van der Waals surface area contributed by atoms with Gasteiger partial charge in [-0.1, -0.05) is 6.07 Å². The summed E-state index contributed by atoms with van der Waals surface area (Å²) >= 11 is 0. The van der Waals surface area contributed by atoms with Gasteiger partial charge in [-0.05, 0) is 40.7 Å². The van der Waals surface area contributed by atoms with Gasteiger partial charge in [0.25, 0.3) is 0 Å². The fourth-order valence-electron chi connectivity index (χ4n) is 2.54. The molecule has 1 fully saturated rings. The molecule has 1 aromatic rings. The first-order chi connectivity index (χ1) is 11.2. The first-order valence-electron chi connectivity index (χ1n) is 8.22. The number of pyridine rings is 1. The SMILES string of the molecule is CCOC(=O)CC(B1OC(C)(C)C(C)(C)O1)c1cccc(OC)n1. The third kappa shape index (κ3) is 3.90. The molecule has 1 atom stereocenters. The fraction of sp³-hybridized carbons (Fsp3) is 0.647. The van der Waals surface area contributed by atoms with Crippen molar-refractivity contribution in [3.63, 3.8) is 0 Å². The number of aromatic nitrogens is 1. The molecule has 1 aliphatic rings. The van der Waals surface area contributed by atoms with E-state index in [1.807, 2.05) is 39.8 Å². The van der Waals surface area contributed by atoms with Crippen molar-refractivity contribution in [3.05, 3.63) is 23.9 Å². The van der Waals surface area contributed by atoms with Crippen LogP contribution in [0.3, 0.4) is 0 Å². The van der Waals surface area contributed by atoms with Crippen LogP contribution in [0.25, 0.3) is 0 Å². The number of methoxy groups -OCH3 is 1. The minimum atomic E-state index is -0.584. The van der Waals surface area contributed by atoms with Crippen molar-refractivity contribution in [1.82, 2.24) is 4.98 Å². The highest BCUT2D eigenvalue weighted by Gasteiger charge is 2.54. The van der Waals surface area contributed by atoms with Crippen molar-refractivity contribution < 1.29 is 23.6 Å². The number of hydrogen-bond acceptors (Lipinski definition) is 6. The van der Waals surface area contributed by atoms with E-state index in [1.54, 1.807) is 20.1 Å². The molecule has 0 saturated carbocycles. The van der Waals surface area contributed by atoms with Gasteiger partial charge in [0, 0.05) is 17.6 Å². The molecule has 7 heteroatoms. The topological polar surface area (TPSA) is 66.9 Å². The standard InChI is InChI=1S/C17H26BNO5/c1-7-22-15(20)11-12(13-9-8-10-14(19-13)21-6)18-23-16(2,3)17(4,5)24-18/h8-10,12H,7,11H2,1-6H3. The summed E-state index contributed by atoms with van der Waals surface area (Å²) in [7, 11) is 0.973. The lowest BCUT2D eigenvalue weighted by atomic mass is 9.68. The Hall–Kier alpha value is -1.60. The summed E-state index contributed by atoms with van der Waals surface area (Å²) in [6.07, 6.45) is 0.130. The maximum atomic E-state index is 12.1. The van der Waals surface area contributed by atoms with Gasteiger partial charge in [0.15, 0.2) is 0 Å². The zero-order valence-corrected chi connectivity index (χ0v) is 15.3. The minimum absolute atomic E-state index is 0.130. The average Bonchev–Trinajstić information content (AvgIpc) is 2.73. The van der Waals surface area contributed by atoms with Crippen LogP contribution in [0.4, 0.5) is 0 Å². The normalized spacial score (nSPS) is 19.8. The van der Waals surface area contributed by atoms with Gasteiger partial charge in [0.2, 0.25) is 5.88 Å². The number of hydrogen-bond donors (Lipinski definition) is 0. The average molecular weight is 335 g/mol. The lowest BCUT2D eigenvalue weighted by Crippen LogP contribution is -2.41. The second kappa shape index (κ2) is 7.11. The number of rotatable bonds is 6. The summed E-state index contributed by atoms with van der Waals surface area (Å²) < 4.78 is 22.5. The van der Waals surface area contributed by atoms with Crippen LogP contribution in [0.2, 0.25) is 0 Å². The fourth-order valence-corrected chi connectivity index (χ4v) is 2.54. The number of carbonyl (C=O) groups excluding carboxylic acids is 1. The Labute approximate surface area is 144 Å². The van der Waals surface area contributed by atoms with Crippen molar-refractivity contribution >= 4 is 13.1 Å². The molecule has 0 amide bonds. The molecule has 2 heterocycles. The van der Waals surface area contributed by atoms with Crippen LogP contribution >= 0.6 is 0 Å². The third-order valence-electron chi connectivity index (χ3n) is 4.63. The van der Waals surface area contributed by atoms with Crippen LogP contribution in [0.15, 0.2) is 18.2 Å². The van der Waals surface area contributed by atoms with Gasteiger partial charge < -0.3 is 18.8 Å². The van der Waals surface area contributed by atoms with Crippen molar-refractivity contribution in [3.8, 4) is 5.88 Å². The van der Waals surface area contributed by atoms with E-state index in [9.17, 15) is 4.79 Å². The van der Waals surface area contributed by atoms with E-state index >= 15 is 0 Å². The Bertz CT molecular complexity index is 574. The predicted octanol–water partition coefficient (Wildman–Crippen LogP) is 2.76. The number of carbonyl (C=O) groups is 1. The van der Waals surface area contributed by atoms with E-state index in [-0.39, 0.29) is 18.2 Å². The first-order valence-corrected chi connectivity index (χ1v) is 8.22. The van der Waals surface area contributed by atoms with Crippen molar-refractivity contribution in [2.24, 2.45) is 0 Å². The molecule has 1 aliphatic heterocycles. The predicted molar refractivity (Wildman–Crippen MR) is 90.9 cm³/mol. The Morgan fingerprint density at radius 1 is 1.25 bits per heavy atom. The van der Waals surface area contributed by atoms with E-state index in [0.29, 0.717) is 18.2 Å². The molecule has 0 N–H and O–H groups in total. The maximum Gasteiger partial charge on any atom is 0.468 e. The van der Waals surface area contributed by atoms with Gasteiger partial charge in [-0.3, -0.25) is 4.79 Å². The van der Waals surface area contributed by atoms with Gasteiger partial charge in [-0.2, -0.15) is 0 Å². The highest BCUT2D eigenvalue weighted by Crippen LogP contribution is 2.41. The highest BCUT2D eigenvalue weighted by atomic mass is 16.7. The van der Waals surface area contributed by atoms with E-state index in [2.05, 4.69) is 4.98 Å². The van der Waals surface area contributed by atoms with Gasteiger partial charge in [-0.25, -0.2) is 4.98 Å². The monoisotopic (exact) mass is 335 g/mol. The molecule has 0 spiro atoms. The van der Waals surface area contributed by atoms with E-state index in [4.69, 9.17) is 18.8 Å². The van der Waals surface area contributed by atoms with E-state index in [1.165, 1.54) is 0 Å². The van der Waals surface area contributed by atoms with Gasteiger partial charge in [0.1, 0.15) is 0 Å². The summed E-state index contributed by atoms with van der Waals surface area (Å²) in [5.74, 6) is -0.195. The molecule has 2 rings (SSSR count). The maximum absolute atomic E-state index is 12.1. The van der Waals surface area contributed by atoms with Crippen LogP contribution in [0, 0.1) is 0 Å². The molecular formula is C17H26BNO5. The van der Waals surface area contributed by atoms with Crippen LogP contribution in [0.5, 0.6) is 5.88 Å². The largest absolute Gasteiger partial charge is 0.481 e. The molecule has 0 bridgehead atoms. The van der Waals surface area contributed by atoms with E-state index in [0.717, 1.165) is 0 Å². The molecule has 132 valence electrons. The minimum Gasteiger partial charge on any atom is -0.481 e. The molecule has 0 aromatic carbocycles. The van der Waals surface area contributed by atoms with Crippen LogP contribution in [0.1, 0.15) is 52.6 Å². The Morgan fingerprint density at radius 2 is 1.88 bits per heavy atom. The van der Waals surface area contributed by atoms with Gasteiger partial charge in [-0.15, -0.1) is 0 Å². The summed E-state index contributed by atoms with van der Waals surface area (Å²) in [6, 6.07) is 5.44. The first kappa shape index (κ1) is 18.7. The Morgan fingerprint density at radius 3 is 2.42 bits per heavy atom. The second-order valence-corrected chi connectivity index (χ2v) is 6.85. The summed E-state index contributed by atoms with van der Waals surface area (Å²) in [4.78, 5) is 16.5. The van der Waals surface area contributed by atoms with Crippen molar-refractivity contribution in [2.45, 2.75) is 58.1 Å². The number of ether oxygens (including phenoxy) is 2. The highest BCUT2D eigenvalue weighted by molar-refractivity contribution is 6.48. The number of nitrogens with zero attached hydrogens (tertiary/aromatic N) is 1. The summed E-state index contributed by atoms with van der Waals surface area (Å²) in [6.45, 7) is 10.0. The van der Waals surface area contributed by atoms with Crippen molar-refractivity contribution in [1.29, 1.82) is 0 Å². The second-order valence-electron chi connectivity index (χ2n) is 6.85. The molecule has 1 aromatic heterocycles. The molecule has 1 saturated heterocycles. The lowest BCUT2D eigenvalue weighted by Gasteiger charge is -2.32. The molecule has 24 heavy (non-hydrogen) atoms. The molecular weight excluding hydrogens is 309 g/mol. The Balaban J connectivity index is 2.31. The van der Waals surface area contributed by atoms with Crippen LogP contribution in [-0.4, -0.2) is 43.0 Å².